The summed E-state index contributed by atoms with van der Waals surface area (Å²) in [5.74, 6) is -2.35. The molecule has 1 saturated heterocycles. The third-order valence-corrected chi connectivity index (χ3v) is 11.6. The van der Waals surface area contributed by atoms with E-state index in [-0.39, 0.29) is 12.6 Å². The second kappa shape index (κ2) is 12.9. The quantitative estimate of drug-likeness (QED) is 0.204. The van der Waals surface area contributed by atoms with Crippen molar-refractivity contribution >= 4 is 55.3 Å². The number of aromatic amines is 1. The average Bonchev–Trinajstić information content (AvgIpc) is 3.36. The maximum absolute atomic E-state index is 13.6. The lowest BCUT2D eigenvalue weighted by Gasteiger charge is -2.34. The van der Waals surface area contributed by atoms with Gasteiger partial charge in [-0.05, 0) is 61.7 Å². The Bertz CT molecular complexity index is 1650. The number of aliphatic hydroxyl groups is 1. The first-order valence-corrected chi connectivity index (χ1v) is 16.9. The summed E-state index contributed by atoms with van der Waals surface area (Å²) in [7, 11) is -3.64. The number of aliphatic carboxylic acids is 1. The Morgan fingerprint density at radius 2 is 1.93 bits per heavy atom. The summed E-state index contributed by atoms with van der Waals surface area (Å²) < 4.78 is 60.9. The third kappa shape index (κ3) is 7.40. The maximum Gasteiger partial charge on any atom is 0.490 e. The Morgan fingerprint density at radius 3 is 2.58 bits per heavy atom. The highest BCUT2D eigenvalue weighted by Crippen LogP contribution is 2.39. The number of rotatable bonds is 9. The summed E-state index contributed by atoms with van der Waals surface area (Å²) in [6.07, 6.45) is 2.36. The van der Waals surface area contributed by atoms with Gasteiger partial charge in [0.25, 0.3) is 10.0 Å². The highest BCUT2D eigenvalue weighted by atomic mass is 32.2. The number of hydrogen-bond acceptors (Lipinski definition) is 8. The number of likely N-dealkylation sites (tertiary alicyclic amines) is 1. The van der Waals surface area contributed by atoms with E-state index in [1.165, 1.54) is 29.1 Å². The summed E-state index contributed by atoms with van der Waals surface area (Å²) in [5, 5.41) is 20.5. The number of thiophene rings is 1. The van der Waals surface area contributed by atoms with Crippen molar-refractivity contribution in [2.75, 3.05) is 24.0 Å². The van der Waals surface area contributed by atoms with Crippen LogP contribution in [0.3, 0.4) is 0 Å². The molecule has 1 saturated carbocycles. The number of carboxylic acid groups (broad SMARTS) is 1. The van der Waals surface area contributed by atoms with Crippen LogP contribution in [0.25, 0.3) is 21.6 Å². The summed E-state index contributed by atoms with van der Waals surface area (Å²) in [4.78, 5) is 20.6. The first-order chi connectivity index (χ1) is 20.5. The van der Waals surface area contributed by atoms with Crippen LogP contribution in [0.4, 0.5) is 18.9 Å². The number of hydrogen-bond donors (Lipinski definition) is 3. The van der Waals surface area contributed by atoms with Crippen LogP contribution in [-0.2, 0) is 21.4 Å². The first-order valence-electron chi connectivity index (χ1n) is 13.8. The van der Waals surface area contributed by atoms with Gasteiger partial charge < -0.3 is 15.2 Å². The zero-order valence-corrected chi connectivity index (χ0v) is 25.4. The van der Waals surface area contributed by atoms with E-state index in [9.17, 15) is 26.7 Å². The highest BCUT2D eigenvalue weighted by Gasteiger charge is 2.38. The van der Waals surface area contributed by atoms with Gasteiger partial charge in [0.2, 0.25) is 0 Å². The van der Waals surface area contributed by atoms with Crippen molar-refractivity contribution in [1.82, 2.24) is 14.9 Å². The zero-order chi connectivity index (χ0) is 30.8. The molecule has 1 aliphatic carbocycles. The van der Waals surface area contributed by atoms with E-state index < -0.39 is 22.2 Å². The van der Waals surface area contributed by atoms with Crippen LogP contribution in [0.5, 0.6) is 0 Å². The monoisotopic (exact) mass is 656 g/mol. The molecule has 0 spiro atoms. The van der Waals surface area contributed by atoms with Gasteiger partial charge in [0.05, 0.1) is 23.5 Å². The molecule has 0 radical (unpaired) electrons. The zero-order valence-electron chi connectivity index (χ0n) is 23.0. The molecule has 0 amide bonds. The summed E-state index contributed by atoms with van der Waals surface area (Å²) in [6, 6.07) is 11.6. The minimum atomic E-state index is -5.08. The fourth-order valence-electron chi connectivity index (χ4n) is 5.02. The number of fused-ring (bicyclic) bond motifs is 1. The van der Waals surface area contributed by atoms with Crippen molar-refractivity contribution in [3.8, 4) is 10.7 Å². The number of anilines is 1. The number of H-pyrrole nitrogens is 1. The molecule has 0 bridgehead atoms. The SMILES string of the molecule is O=C(O)C(F)(F)F.O=S(=O)(c1cccs1)N(CC1CC1)c1cccc2cc(-c3ncc(CN4CCCCC4CO)s3)[nH]c12. The number of halogens is 3. The lowest BCUT2D eigenvalue weighted by Crippen LogP contribution is -2.40. The number of piperidine rings is 1. The second-order valence-electron chi connectivity index (χ2n) is 10.6. The number of para-hydroxylation sites is 1. The van der Waals surface area contributed by atoms with Crippen molar-refractivity contribution in [3.05, 3.63) is 52.9 Å². The van der Waals surface area contributed by atoms with Crippen molar-refractivity contribution in [3.63, 3.8) is 0 Å². The van der Waals surface area contributed by atoms with Gasteiger partial charge in [0, 0.05) is 35.6 Å². The number of carboxylic acids is 1. The molecule has 3 aromatic heterocycles. The molecule has 1 unspecified atom stereocenters. The Labute approximate surface area is 254 Å². The lowest BCUT2D eigenvalue weighted by molar-refractivity contribution is -0.192. The fourth-order valence-corrected chi connectivity index (χ4v) is 8.59. The number of aromatic nitrogens is 2. The minimum Gasteiger partial charge on any atom is -0.475 e. The number of aliphatic hydroxyl groups excluding tert-OH is 1. The van der Waals surface area contributed by atoms with E-state index in [2.05, 4.69) is 20.9 Å². The van der Waals surface area contributed by atoms with Crippen molar-refractivity contribution < 1.29 is 36.6 Å². The molecule has 6 rings (SSSR count). The summed E-state index contributed by atoms with van der Waals surface area (Å²) in [6.45, 7) is 2.49. The number of nitrogens with zero attached hydrogens (tertiary/aromatic N) is 3. The standard InChI is InChI=1S/C26H30N4O3S3.C2HF3O2/c31-17-20-6-1-2-11-29(20)16-21-14-27-26(35-21)22-13-19-5-3-7-23(25(19)28-22)30(15-18-9-10-18)36(32,33)24-8-4-12-34-24;3-2(4,5)1(6)7/h3-5,7-8,12-14,18,20,28,31H,1-2,6,9-11,15-17H2;(H,6,7). The normalized spacial score (nSPS) is 17.9. The smallest absolute Gasteiger partial charge is 0.475 e. The molecular weight excluding hydrogens is 626 g/mol. The van der Waals surface area contributed by atoms with Gasteiger partial charge in [-0.3, -0.25) is 9.21 Å². The summed E-state index contributed by atoms with van der Waals surface area (Å²) >= 11 is 2.91. The molecule has 3 N–H and O–H groups in total. The predicted octanol–water partition coefficient (Wildman–Crippen LogP) is 5.94. The van der Waals surface area contributed by atoms with Gasteiger partial charge >= 0.3 is 12.1 Å². The van der Waals surface area contributed by atoms with Gasteiger partial charge in [-0.25, -0.2) is 18.2 Å². The molecule has 1 atom stereocenters. The van der Waals surface area contributed by atoms with Crippen LogP contribution in [0.15, 0.2) is 52.2 Å². The molecule has 9 nitrogen and oxygen atoms in total. The van der Waals surface area contributed by atoms with Crippen molar-refractivity contribution in [2.45, 2.75) is 55.1 Å². The average molecular weight is 657 g/mol. The molecular formula is C28H31F3N4O5S3. The molecule has 1 aromatic carbocycles. The van der Waals surface area contributed by atoms with Crippen LogP contribution in [0, 0.1) is 5.92 Å². The predicted molar refractivity (Wildman–Crippen MR) is 160 cm³/mol. The van der Waals surface area contributed by atoms with E-state index in [0.717, 1.165) is 54.0 Å². The van der Waals surface area contributed by atoms with Crippen LogP contribution in [0.1, 0.15) is 37.0 Å². The lowest BCUT2D eigenvalue weighted by atomic mass is 10.0. The first kappa shape index (κ1) is 31.4. The molecule has 2 aliphatic rings. The number of nitrogens with one attached hydrogen (secondary N) is 1. The van der Waals surface area contributed by atoms with E-state index in [0.29, 0.717) is 22.4 Å². The molecule has 1 aliphatic heterocycles. The van der Waals surface area contributed by atoms with E-state index in [1.807, 2.05) is 29.8 Å². The number of benzene rings is 1. The molecule has 4 heterocycles. The number of thiazole rings is 1. The van der Waals surface area contributed by atoms with Crippen molar-refractivity contribution in [2.24, 2.45) is 5.92 Å². The number of carbonyl (C=O) groups is 1. The number of sulfonamides is 1. The highest BCUT2D eigenvalue weighted by molar-refractivity contribution is 7.94. The van der Waals surface area contributed by atoms with Gasteiger partial charge in [-0.2, -0.15) is 13.2 Å². The second-order valence-corrected chi connectivity index (χ2v) is 14.7. The van der Waals surface area contributed by atoms with Crippen LogP contribution >= 0.6 is 22.7 Å². The van der Waals surface area contributed by atoms with Crippen molar-refractivity contribution in [1.29, 1.82) is 0 Å². The van der Waals surface area contributed by atoms with Crippen LogP contribution in [-0.4, -0.2) is 71.4 Å². The van der Waals surface area contributed by atoms with Crippen LogP contribution < -0.4 is 4.31 Å². The van der Waals surface area contributed by atoms with Gasteiger partial charge in [-0.15, -0.1) is 22.7 Å². The van der Waals surface area contributed by atoms with E-state index in [1.54, 1.807) is 27.8 Å². The molecule has 232 valence electrons. The molecule has 2 fully saturated rings. The minimum absolute atomic E-state index is 0.197. The van der Waals surface area contributed by atoms with E-state index in [4.69, 9.17) is 9.90 Å². The molecule has 4 aromatic rings. The third-order valence-electron chi connectivity index (χ3n) is 7.41. The van der Waals surface area contributed by atoms with Gasteiger partial charge in [0.1, 0.15) is 9.22 Å². The molecule has 15 heteroatoms. The Morgan fingerprint density at radius 1 is 1.16 bits per heavy atom. The maximum atomic E-state index is 13.6. The number of alkyl halides is 3. The Kier molecular flexibility index (Phi) is 9.46. The fraction of sp³-hybridized carbons (Fsp3) is 0.429. The topological polar surface area (TPSA) is 127 Å². The van der Waals surface area contributed by atoms with E-state index >= 15 is 0 Å². The summed E-state index contributed by atoms with van der Waals surface area (Å²) in [5.41, 5.74) is 2.40. The van der Waals surface area contributed by atoms with Gasteiger partial charge in [-0.1, -0.05) is 24.6 Å². The van der Waals surface area contributed by atoms with Gasteiger partial charge in [0.15, 0.2) is 0 Å². The largest absolute Gasteiger partial charge is 0.490 e. The van der Waals surface area contributed by atoms with Crippen LogP contribution in [0.2, 0.25) is 0 Å². The molecule has 43 heavy (non-hydrogen) atoms. The Balaban J connectivity index is 0.000000472. The Hall–Kier alpha value is -2.98.